The van der Waals surface area contributed by atoms with E-state index in [1.165, 1.54) is 13.8 Å². The van der Waals surface area contributed by atoms with E-state index in [1.807, 2.05) is 0 Å². The molecule has 2 saturated carbocycles. The predicted octanol–water partition coefficient (Wildman–Crippen LogP) is -2.03. The minimum atomic E-state index is -1.23. The van der Waals surface area contributed by atoms with Gasteiger partial charge in [0.25, 0.3) is 0 Å². The second kappa shape index (κ2) is 15.0. The fraction of sp³-hybridized carbons (Fsp3) is 0.611. The van der Waals surface area contributed by atoms with Gasteiger partial charge < -0.3 is 44.4 Å². The summed E-state index contributed by atoms with van der Waals surface area (Å²) >= 11 is 0. The average molecular weight is 440 g/mol. The molecule has 3 unspecified atom stereocenters. The van der Waals surface area contributed by atoms with Crippen LogP contribution in [-0.4, -0.2) is 63.7 Å². The zero-order chi connectivity index (χ0) is 18.8. The van der Waals surface area contributed by atoms with Crippen LogP contribution in [0.2, 0.25) is 0 Å². The maximum absolute atomic E-state index is 10.8. The molecule has 1 N–H and O–H groups in total. The first-order chi connectivity index (χ1) is 11.3. The van der Waals surface area contributed by atoms with E-state index >= 15 is 0 Å². The molecule has 0 radical (unpaired) electrons. The third-order valence-electron chi connectivity index (χ3n) is 3.67. The summed E-state index contributed by atoms with van der Waals surface area (Å²) in [6.45, 7) is 2.64. The predicted molar refractivity (Wildman–Crippen MR) is 91.5 cm³/mol. The van der Waals surface area contributed by atoms with Crippen LogP contribution in [0.3, 0.4) is 0 Å². The molecule has 2 rings (SSSR count). The molecule has 0 amide bonds. The van der Waals surface area contributed by atoms with Crippen molar-refractivity contribution in [2.45, 2.75) is 70.2 Å². The molecule has 0 aromatic carbocycles. The molecule has 0 aromatic heterocycles. The largest absolute Gasteiger partial charge is 2.00 e. The molecule has 0 heterocycles. The third kappa shape index (κ3) is 10.2. The van der Waals surface area contributed by atoms with E-state index in [9.17, 15) is 19.5 Å². The maximum atomic E-state index is 10.8. The standard InChI is InChI=1S/C9H12O3.C7H10O3.C2H.BrH.Mg/c1-3-9(11)6-4-5-8(9)12-7(2)10;1-5(8)10-7-4-2-3-6(7)9;1-2;;/h1,8,11H,4-6H2,2H3;7H,2-4H2,1H3;1H;1H;/q;;-1;;+2/p-1. The fourth-order valence-electron chi connectivity index (χ4n) is 2.59. The van der Waals surface area contributed by atoms with Gasteiger partial charge in [-0.3, -0.25) is 14.4 Å². The summed E-state index contributed by atoms with van der Waals surface area (Å²) in [6.07, 6.45) is 17.3. The molecule has 3 atom stereocenters. The zero-order valence-corrected chi connectivity index (χ0v) is 18.1. The van der Waals surface area contributed by atoms with Crippen LogP contribution in [0, 0.1) is 25.2 Å². The Kier molecular flexibility index (Phi) is 17.2. The van der Waals surface area contributed by atoms with Crippen LogP contribution in [0.4, 0.5) is 0 Å². The first kappa shape index (κ1) is 29.7. The first-order valence-electron chi connectivity index (χ1n) is 7.64. The number of ketones is 1. The summed E-state index contributed by atoms with van der Waals surface area (Å²) in [5.41, 5.74) is -1.23. The minimum absolute atomic E-state index is 0. The summed E-state index contributed by atoms with van der Waals surface area (Å²) in [6, 6.07) is 0. The quantitative estimate of drug-likeness (QED) is 0.231. The number of Topliss-reactive ketones (excluding diaryl/α,β-unsaturated/α-hetero) is 1. The normalized spacial score (nSPS) is 25.5. The van der Waals surface area contributed by atoms with Crippen molar-refractivity contribution < 1.29 is 45.9 Å². The van der Waals surface area contributed by atoms with Gasteiger partial charge in [0, 0.05) is 20.3 Å². The zero-order valence-electron chi connectivity index (χ0n) is 15.1. The Morgan fingerprint density at radius 1 is 1.19 bits per heavy atom. The second-order valence-corrected chi connectivity index (χ2v) is 5.52. The van der Waals surface area contributed by atoms with Crippen molar-refractivity contribution in [2.75, 3.05) is 0 Å². The number of rotatable bonds is 2. The molecule has 140 valence electrons. The Morgan fingerprint density at radius 2 is 1.73 bits per heavy atom. The van der Waals surface area contributed by atoms with E-state index in [4.69, 9.17) is 22.3 Å². The SMILES string of the molecule is C#CC1(O)CCCC1OC(C)=O.CC(=O)OC1CCCC1=O.[Br-].[C-]#C.[Mg+2]. The van der Waals surface area contributed by atoms with Gasteiger partial charge in [-0.05, 0) is 32.1 Å². The number of carbonyl (C=O) groups is 3. The number of halogens is 1. The van der Waals surface area contributed by atoms with E-state index in [2.05, 4.69) is 12.3 Å². The van der Waals surface area contributed by atoms with Crippen LogP contribution >= 0.6 is 0 Å². The third-order valence-corrected chi connectivity index (χ3v) is 3.67. The van der Waals surface area contributed by atoms with Crippen molar-refractivity contribution in [3.05, 3.63) is 6.42 Å². The van der Waals surface area contributed by atoms with Crippen LogP contribution in [0.25, 0.3) is 0 Å². The second-order valence-electron chi connectivity index (χ2n) is 5.52. The summed E-state index contributed by atoms with van der Waals surface area (Å²) in [5, 5.41) is 9.70. The van der Waals surface area contributed by atoms with Gasteiger partial charge in [0.05, 0.1) is 0 Å². The van der Waals surface area contributed by atoms with Crippen molar-refractivity contribution in [2.24, 2.45) is 0 Å². The number of esters is 2. The molecule has 0 aromatic rings. The van der Waals surface area contributed by atoms with Gasteiger partial charge in [0.15, 0.2) is 17.5 Å². The first-order valence-corrected chi connectivity index (χ1v) is 7.64. The Hall–Kier alpha value is -1.06. The van der Waals surface area contributed by atoms with Gasteiger partial charge in [0.1, 0.15) is 6.10 Å². The molecular formula is C18H23BrMgO6. The number of hydrogen-bond donors (Lipinski definition) is 1. The topological polar surface area (TPSA) is 89.9 Å². The number of ether oxygens (including phenoxy) is 2. The van der Waals surface area contributed by atoms with Crippen molar-refractivity contribution in [1.82, 2.24) is 0 Å². The molecule has 0 bridgehead atoms. The van der Waals surface area contributed by atoms with Gasteiger partial charge in [-0.25, -0.2) is 0 Å². The molecular weight excluding hydrogens is 416 g/mol. The molecule has 2 aliphatic carbocycles. The molecule has 2 aliphatic rings. The van der Waals surface area contributed by atoms with Crippen LogP contribution in [-0.2, 0) is 23.9 Å². The van der Waals surface area contributed by atoms with Crippen LogP contribution in [0.1, 0.15) is 52.4 Å². The molecule has 26 heavy (non-hydrogen) atoms. The van der Waals surface area contributed by atoms with E-state index in [-0.39, 0.29) is 51.8 Å². The van der Waals surface area contributed by atoms with E-state index in [0.29, 0.717) is 25.7 Å². The summed E-state index contributed by atoms with van der Waals surface area (Å²) < 4.78 is 9.62. The summed E-state index contributed by atoms with van der Waals surface area (Å²) in [7, 11) is 0. The molecule has 6 nitrogen and oxygen atoms in total. The number of carbonyl (C=O) groups excluding carboxylic acids is 3. The summed E-state index contributed by atoms with van der Waals surface area (Å²) in [5.74, 6) is 1.59. The fourth-order valence-corrected chi connectivity index (χ4v) is 2.59. The molecule has 2 fully saturated rings. The molecule has 0 spiro atoms. The van der Waals surface area contributed by atoms with E-state index < -0.39 is 23.8 Å². The Morgan fingerprint density at radius 3 is 2.12 bits per heavy atom. The number of hydrogen-bond acceptors (Lipinski definition) is 6. The Bertz CT molecular complexity index is 528. The smallest absolute Gasteiger partial charge is 1.00 e. The van der Waals surface area contributed by atoms with Crippen molar-refractivity contribution in [3.8, 4) is 18.8 Å². The Balaban J connectivity index is -0.000000350. The van der Waals surface area contributed by atoms with Crippen molar-refractivity contribution >= 4 is 40.8 Å². The van der Waals surface area contributed by atoms with Crippen LogP contribution in [0.5, 0.6) is 0 Å². The molecule has 0 aliphatic heterocycles. The molecule has 8 heteroatoms. The van der Waals surface area contributed by atoms with Crippen LogP contribution < -0.4 is 17.0 Å². The average Bonchev–Trinajstić information content (AvgIpc) is 3.09. The van der Waals surface area contributed by atoms with Gasteiger partial charge in [-0.2, -0.15) is 0 Å². The Labute approximate surface area is 181 Å². The van der Waals surface area contributed by atoms with Gasteiger partial charge >= 0.3 is 35.0 Å². The monoisotopic (exact) mass is 438 g/mol. The van der Waals surface area contributed by atoms with Gasteiger partial charge in [-0.15, -0.1) is 6.42 Å². The van der Waals surface area contributed by atoms with Crippen molar-refractivity contribution in [3.63, 3.8) is 0 Å². The van der Waals surface area contributed by atoms with Crippen molar-refractivity contribution in [1.29, 1.82) is 0 Å². The number of aliphatic hydroxyl groups is 1. The van der Waals surface area contributed by atoms with Gasteiger partial charge in [0.2, 0.25) is 0 Å². The summed E-state index contributed by atoms with van der Waals surface area (Å²) in [4.78, 5) is 31.8. The van der Waals surface area contributed by atoms with E-state index in [0.717, 1.165) is 12.8 Å². The molecule has 0 saturated heterocycles. The number of terminal acetylenes is 2. The van der Waals surface area contributed by atoms with Crippen LogP contribution in [0.15, 0.2) is 0 Å². The maximum Gasteiger partial charge on any atom is 2.00 e. The van der Waals surface area contributed by atoms with Gasteiger partial charge in [-0.1, -0.05) is 5.92 Å². The minimum Gasteiger partial charge on any atom is -1.00 e. The van der Waals surface area contributed by atoms with E-state index in [1.54, 1.807) is 0 Å².